The molecule has 1 N–H and O–H groups in total. The Morgan fingerprint density at radius 3 is 2.73 bits per heavy atom. The summed E-state index contributed by atoms with van der Waals surface area (Å²) in [6, 6.07) is 22.7. The number of thioether (sulfide) groups is 1. The molecule has 1 atom stereocenters. The first-order valence-corrected chi connectivity index (χ1v) is 11.2. The number of aromatic nitrogens is 3. The highest BCUT2D eigenvalue weighted by Crippen LogP contribution is 2.40. The number of para-hydroxylation sites is 1. The monoisotopic (exact) mass is 414 g/mol. The molecule has 30 heavy (non-hydrogen) atoms. The SMILES string of the molecule is CCCCSc1nnc2c(n1)O[C@@H](c1cccc3ccccc13)Nc1ccccc1-2. The lowest BCUT2D eigenvalue weighted by Crippen LogP contribution is -2.17. The van der Waals surface area contributed by atoms with Crippen molar-refractivity contribution in [1.29, 1.82) is 0 Å². The Hall–Kier alpha value is -3.12. The second-order valence-electron chi connectivity index (χ2n) is 7.21. The van der Waals surface area contributed by atoms with Crippen LogP contribution in [0.4, 0.5) is 5.69 Å². The molecule has 1 aromatic heterocycles. The van der Waals surface area contributed by atoms with Gasteiger partial charge in [-0.2, -0.15) is 4.98 Å². The summed E-state index contributed by atoms with van der Waals surface area (Å²) < 4.78 is 6.44. The van der Waals surface area contributed by atoms with Crippen LogP contribution in [0.15, 0.2) is 71.9 Å². The quantitative estimate of drug-likeness (QED) is 0.315. The second-order valence-corrected chi connectivity index (χ2v) is 8.27. The fraction of sp³-hybridized carbons (Fsp3) is 0.208. The fourth-order valence-corrected chi connectivity index (χ4v) is 4.50. The largest absolute Gasteiger partial charge is 0.448 e. The van der Waals surface area contributed by atoms with Gasteiger partial charge < -0.3 is 10.1 Å². The van der Waals surface area contributed by atoms with Crippen molar-refractivity contribution in [3.8, 4) is 17.1 Å². The molecule has 5 rings (SSSR count). The summed E-state index contributed by atoms with van der Waals surface area (Å²) in [5, 5.41) is 15.4. The van der Waals surface area contributed by atoms with Crippen molar-refractivity contribution in [2.75, 3.05) is 11.1 Å². The zero-order valence-corrected chi connectivity index (χ0v) is 17.5. The number of anilines is 1. The van der Waals surface area contributed by atoms with Crippen molar-refractivity contribution >= 4 is 28.2 Å². The summed E-state index contributed by atoms with van der Waals surface area (Å²) in [5.41, 5.74) is 3.63. The van der Waals surface area contributed by atoms with Gasteiger partial charge in [0.25, 0.3) is 0 Å². The maximum atomic E-state index is 6.44. The van der Waals surface area contributed by atoms with Crippen molar-refractivity contribution in [1.82, 2.24) is 15.2 Å². The average Bonchev–Trinajstić information content (AvgIpc) is 2.95. The number of hydrogen-bond donors (Lipinski definition) is 1. The number of rotatable bonds is 5. The van der Waals surface area contributed by atoms with Gasteiger partial charge in [0.15, 0.2) is 11.9 Å². The summed E-state index contributed by atoms with van der Waals surface area (Å²) in [4.78, 5) is 4.73. The number of hydrogen-bond acceptors (Lipinski definition) is 6. The molecule has 0 aliphatic carbocycles. The molecule has 0 unspecified atom stereocenters. The zero-order valence-electron chi connectivity index (χ0n) is 16.7. The first-order chi connectivity index (χ1) is 14.8. The number of nitrogens with one attached hydrogen (secondary N) is 1. The first-order valence-electron chi connectivity index (χ1n) is 10.2. The minimum Gasteiger partial charge on any atom is -0.448 e. The summed E-state index contributed by atoms with van der Waals surface area (Å²) in [6.45, 7) is 2.18. The molecule has 0 saturated carbocycles. The van der Waals surface area contributed by atoms with E-state index in [2.05, 4.69) is 64.9 Å². The lowest BCUT2D eigenvalue weighted by molar-refractivity contribution is 0.226. The molecule has 0 spiro atoms. The van der Waals surface area contributed by atoms with Crippen LogP contribution in [-0.4, -0.2) is 20.9 Å². The molecule has 3 aromatic carbocycles. The Kier molecular flexibility index (Phi) is 5.24. The van der Waals surface area contributed by atoms with E-state index >= 15 is 0 Å². The van der Waals surface area contributed by atoms with E-state index in [0.717, 1.165) is 40.8 Å². The van der Waals surface area contributed by atoms with Gasteiger partial charge in [-0.05, 0) is 23.3 Å². The number of unbranched alkanes of at least 4 members (excludes halogenated alkanes) is 1. The Balaban J connectivity index is 1.60. The van der Waals surface area contributed by atoms with Crippen LogP contribution in [0.1, 0.15) is 31.6 Å². The molecule has 0 bridgehead atoms. The maximum absolute atomic E-state index is 6.44. The molecule has 1 aliphatic heterocycles. The second kappa shape index (κ2) is 8.32. The molecule has 150 valence electrons. The van der Waals surface area contributed by atoms with Crippen LogP contribution in [0.3, 0.4) is 0 Å². The molecular weight excluding hydrogens is 392 g/mol. The number of nitrogens with zero attached hydrogens (tertiary/aromatic N) is 3. The van der Waals surface area contributed by atoms with E-state index in [4.69, 9.17) is 9.72 Å². The van der Waals surface area contributed by atoms with E-state index in [1.807, 2.05) is 24.3 Å². The highest BCUT2D eigenvalue weighted by molar-refractivity contribution is 7.99. The molecule has 0 amide bonds. The minimum absolute atomic E-state index is 0.385. The van der Waals surface area contributed by atoms with E-state index in [1.165, 1.54) is 5.39 Å². The Bertz CT molecular complexity index is 1190. The van der Waals surface area contributed by atoms with Gasteiger partial charge in [0.05, 0.1) is 0 Å². The van der Waals surface area contributed by atoms with Gasteiger partial charge in [-0.15, -0.1) is 10.2 Å². The van der Waals surface area contributed by atoms with E-state index in [9.17, 15) is 0 Å². The average molecular weight is 415 g/mol. The molecule has 0 fully saturated rings. The van der Waals surface area contributed by atoms with E-state index < -0.39 is 0 Å². The van der Waals surface area contributed by atoms with Gasteiger partial charge in [-0.1, -0.05) is 85.8 Å². The van der Waals surface area contributed by atoms with Gasteiger partial charge in [-0.3, -0.25) is 0 Å². The van der Waals surface area contributed by atoms with Gasteiger partial charge in [0, 0.05) is 22.6 Å². The van der Waals surface area contributed by atoms with E-state index in [1.54, 1.807) is 11.8 Å². The minimum atomic E-state index is -0.385. The van der Waals surface area contributed by atoms with Crippen LogP contribution in [-0.2, 0) is 0 Å². The molecule has 5 nitrogen and oxygen atoms in total. The third-order valence-electron chi connectivity index (χ3n) is 5.17. The number of benzene rings is 3. The van der Waals surface area contributed by atoms with Crippen molar-refractivity contribution in [3.05, 3.63) is 72.3 Å². The Morgan fingerprint density at radius 1 is 0.967 bits per heavy atom. The van der Waals surface area contributed by atoms with Crippen LogP contribution in [0.5, 0.6) is 5.88 Å². The molecular formula is C24H22N4OS. The number of ether oxygens (including phenoxy) is 1. The predicted octanol–water partition coefficient (Wildman–Crippen LogP) is 6.09. The smallest absolute Gasteiger partial charge is 0.247 e. The highest BCUT2D eigenvalue weighted by Gasteiger charge is 2.26. The lowest BCUT2D eigenvalue weighted by Gasteiger charge is -2.21. The van der Waals surface area contributed by atoms with Crippen molar-refractivity contribution in [3.63, 3.8) is 0 Å². The van der Waals surface area contributed by atoms with Crippen molar-refractivity contribution in [2.24, 2.45) is 0 Å². The predicted molar refractivity (Wildman–Crippen MR) is 122 cm³/mol. The highest BCUT2D eigenvalue weighted by atomic mass is 32.2. The number of fused-ring (bicyclic) bond motifs is 4. The van der Waals surface area contributed by atoms with Crippen LogP contribution < -0.4 is 10.1 Å². The fourth-order valence-electron chi connectivity index (χ4n) is 3.64. The van der Waals surface area contributed by atoms with Crippen LogP contribution in [0.2, 0.25) is 0 Å². The molecule has 0 radical (unpaired) electrons. The first kappa shape index (κ1) is 18.9. The van der Waals surface area contributed by atoms with Gasteiger partial charge in [-0.25, -0.2) is 0 Å². The summed E-state index contributed by atoms with van der Waals surface area (Å²) in [6.07, 6.45) is 1.88. The molecule has 2 heterocycles. The summed E-state index contributed by atoms with van der Waals surface area (Å²) >= 11 is 1.62. The van der Waals surface area contributed by atoms with Gasteiger partial charge >= 0.3 is 0 Å². The third kappa shape index (κ3) is 3.59. The molecule has 4 aromatic rings. The molecule has 6 heteroatoms. The standard InChI is InChI=1S/C24H22N4OS/c1-2-3-15-30-24-26-23-21(27-28-24)19-12-6-7-14-20(19)25-22(29-23)18-13-8-10-16-9-4-5-11-17(16)18/h4-14,22,25H,2-3,15H2,1H3/t22-/m0/s1. The zero-order chi connectivity index (χ0) is 20.3. The summed E-state index contributed by atoms with van der Waals surface area (Å²) in [5.74, 6) is 1.48. The summed E-state index contributed by atoms with van der Waals surface area (Å²) in [7, 11) is 0. The van der Waals surface area contributed by atoms with Gasteiger partial charge in [0.1, 0.15) is 0 Å². The van der Waals surface area contributed by atoms with E-state index in [0.29, 0.717) is 16.7 Å². The van der Waals surface area contributed by atoms with Crippen LogP contribution in [0, 0.1) is 0 Å². The van der Waals surface area contributed by atoms with Crippen LogP contribution >= 0.6 is 11.8 Å². The normalized spacial score (nSPS) is 14.9. The molecule has 1 aliphatic rings. The third-order valence-corrected chi connectivity index (χ3v) is 6.09. The van der Waals surface area contributed by atoms with Crippen molar-refractivity contribution in [2.45, 2.75) is 31.1 Å². The van der Waals surface area contributed by atoms with Crippen molar-refractivity contribution < 1.29 is 4.74 Å². The van der Waals surface area contributed by atoms with Gasteiger partial charge in [0.2, 0.25) is 11.0 Å². The Morgan fingerprint density at radius 2 is 1.80 bits per heavy atom. The maximum Gasteiger partial charge on any atom is 0.247 e. The lowest BCUT2D eigenvalue weighted by atomic mass is 10.0. The Labute approximate surface area is 179 Å². The van der Waals surface area contributed by atoms with Crippen LogP contribution in [0.25, 0.3) is 22.0 Å². The topological polar surface area (TPSA) is 59.9 Å². The molecule has 0 saturated heterocycles. The van der Waals surface area contributed by atoms with E-state index in [-0.39, 0.29) is 6.23 Å².